The molecule has 120 valence electrons. The molecule has 0 aliphatic carbocycles. The minimum absolute atomic E-state index is 0.418. The smallest absolute Gasteiger partial charge is 0.325 e. The average Bonchev–Trinajstić information content (AvgIpc) is 2.41. The van der Waals surface area contributed by atoms with Gasteiger partial charge in [0.2, 0.25) is 17.7 Å². The van der Waals surface area contributed by atoms with E-state index in [-0.39, 0.29) is 0 Å². The molecule has 0 aliphatic rings. The van der Waals surface area contributed by atoms with Crippen molar-refractivity contribution in [3.63, 3.8) is 0 Å². The summed E-state index contributed by atoms with van der Waals surface area (Å²) in [4.78, 5) is 44.8. The highest BCUT2D eigenvalue weighted by Crippen LogP contribution is 1.88. The number of carbonyl (C=O) groups excluding carboxylic acids is 3. The van der Waals surface area contributed by atoms with Crippen LogP contribution in [0.5, 0.6) is 0 Å². The summed E-state index contributed by atoms with van der Waals surface area (Å²) in [6, 6.07) is -3.26. The molecule has 0 heterocycles. The summed E-state index contributed by atoms with van der Waals surface area (Å²) in [6.45, 7) is 1.54. The van der Waals surface area contributed by atoms with Crippen LogP contribution in [0.3, 0.4) is 0 Å². The highest BCUT2D eigenvalue weighted by molar-refractivity contribution is 5.92. The largest absolute Gasteiger partial charge is 0.480 e. The molecule has 0 aromatic rings. The van der Waals surface area contributed by atoms with Gasteiger partial charge in [0.1, 0.15) is 12.1 Å². The van der Waals surface area contributed by atoms with Crippen LogP contribution in [0.1, 0.15) is 13.8 Å². The molecule has 0 aromatic carbocycles. The third-order valence-electron chi connectivity index (χ3n) is 2.40. The number of aliphatic carboxylic acids is 1. The molecular weight excluding hydrogens is 284 g/mol. The Morgan fingerprint density at radius 1 is 1.10 bits per heavy atom. The molecule has 0 saturated carbocycles. The predicted octanol–water partition coefficient (Wildman–Crippen LogP) is -3.48. The van der Waals surface area contributed by atoms with E-state index in [2.05, 4.69) is 16.0 Å². The zero-order valence-corrected chi connectivity index (χ0v) is 11.8. The molecule has 0 fully saturated rings. The van der Waals surface area contributed by atoms with Gasteiger partial charge in [0.15, 0.2) is 0 Å². The Balaban J connectivity index is 4.36. The van der Waals surface area contributed by atoms with E-state index in [1.165, 1.54) is 13.8 Å². The summed E-state index contributed by atoms with van der Waals surface area (Å²) in [6.07, 6.45) is 0. The van der Waals surface area contributed by atoms with Gasteiger partial charge in [-0.15, -0.1) is 0 Å². The average molecular weight is 304 g/mol. The van der Waals surface area contributed by atoms with E-state index < -0.39 is 55.0 Å². The first-order valence-electron chi connectivity index (χ1n) is 6.15. The summed E-state index contributed by atoms with van der Waals surface area (Å²) in [5.41, 5.74) is 5.28. The fourth-order valence-electron chi connectivity index (χ4n) is 1.14. The number of carboxylic acid groups (broad SMARTS) is 1. The molecule has 21 heavy (non-hydrogen) atoms. The summed E-state index contributed by atoms with van der Waals surface area (Å²) in [7, 11) is 0. The van der Waals surface area contributed by atoms with Gasteiger partial charge in [0, 0.05) is 0 Å². The number of rotatable bonds is 8. The molecule has 3 amide bonds. The topological polar surface area (TPSA) is 171 Å². The standard InChI is InChI=1S/C11H20N4O6/c1-5(12)9(18)13-3-8(17)15-7(4-16)10(19)14-6(2)11(20)21/h5-7,16H,3-4,12H2,1-2H3,(H,13,18)(H,14,19)(H,15,17)(H,20,21). The number of amides is 3. The van der Waals surface area contributed by atoms with E-state index in [0.29, 0.717) is 0 Å². The maximum atomic E-state index is 11.6. The SMILES string of the molecule is CC(N)C(=O)NCC(=O)NC(CO)C(=O)NC(C)C(=O)O. The lowest BCUT2D eigenvalue weighted by atomic mass is 10.2. The van der Waals surface area contributed by atoms with Gasteiger partial charge in [-0.2, -0.15) is 0 Å². The van der Waals surface area contributed by atoms with Crippen molar-refractivity contribution in [2.45, 2.75) is 32.0 Å². The molecule has 0 saturated heterocycles. The van der Waals surface area contributed by atoms with Crippen molar-refractivity contribution in [1.82, 2.24) is 16.0 Å². The van der Waals surface area contributed by atoms with E-state index >= 15 is 0 Å². The number of carbonyl (C=O) groups is 4. The first-order valence-corrected chi connectivity index (χ1v) is 6.15. The third kappa shape index (κ3) is 7.22. The van der Waals surface area contributed by atoms with Crippen molar-refractivity contribution in [2.75, 3.05) is 13.2 Å². The molecular formula is C11H20N4O6. The van der Waals surface area contributed by atoms with E-state index in [1.807, 2.05) is 0 Å². The van der Waals surface area contributed by atoms with Crippen molar-refractivity contribution >= 4 is 23.7 Å². The lowest BCUT2D eigenvalue weighted by molar-refractivity contribution is -0.142. The van der Waals surface area contributed by atoms with Crippen molar-refractivity contribution < 1.29 is 29.4 Å². The maximum absolute atomic E-state index is 11.6. The third-order valence-corrected chi connectivity index (χ3v) is 2.40. The fourth-order valence-corrected chi connectivity index (χ4v) is 1.14. The Bertz CT molecular complexity index is 412. The minimum Gasteiger partial charge on any atom is -0.480 e. The predicted molar refractivity (Wildman–Crippen MR) is 70.9 cm³/mol. The lowest BCUT2D eigenvalue weighted by Crippen LogP contribution is -2.54. The number of hydrogen-bond acceptors (Lipinski definition) is 6. The number of nitrogens with one attached hydrogen (secondary N) is 3. The Kier molecular flexibility index (Phi) is 7.94. The van der Waals surface area contributed by atoms with Gasteiger partial charge < -0.3 is 31.9 Å². The van der Waals surface area contributed by atoms with Gasteiger partial charge in [0.25, 0.3) is 0 Å². The summed E-state index contributed by atoms with van der Waals surface area (Å²) in [5.74, 6) is -3.37. The van der Waals surface area contributed by atoms with Crippen LogP contribution in [0.4, 0.5) is 0 Å². The zero-order chi connectivity index (χ0) is 16.6. The van der Waals surface area contributed by atoms with Crippen LogP contribution in [0.2, 0.25) is 0 Å². The summed E-state index contributed by atoms with van der Waals surface area (Å²) < 4.78 is 0. The second kappa shape index (κ2) is 8.87. The van der Waals surface area contributed by atoms with Crippen LogP contribution < -0.4 is 21.7 Å². The van der Waals surface area contributed by atoms with E-state index in [1.54, 1.807) is 0 Å². The highest BCUT2D eigenvalue weighted by atomic mass is 16.4. The first-order chi connectivity index (χ1) is 9.68. The highest BCUT2D eigenvalue weighted by Gasteiger charge is 2.23. The number of hydrogen-bond donors (Lipinski definition) is 6. The number of aliphatic hydroxyl groups is 1. The minimum atomic E-state index is -1.31. The Hall–Kier alpha value is -2.20. The van der Waals surface area contributed by atoms with Crippen LogP contribution in [-0.4, -0.2) is 65.2 Å². The van der Waals surface area contributed by atoms with Gasteiger partial charge in [-0.3, -0.25) is 19.2 Å². The quantitative estimate of drug-likeness (QED) is 0.270. The van der Waals surface area contributed by atoms with Gasteiger partial charge in [-0.1, -0.05) is 0 Å². The molecule has 0 aliphatic heterocycles. The molecule has 3 atom stereocenters. The van der Waals surface area contributed by atoms with Crippen molar-refractivity contribution in [2.24, 2.45) is 5.73 Å². The van der Waals surface area contributed by atoms with Gasteiger partial charge >= 0.3 is 5.97 Å². The first kappa shape index (κ1) is 18.8. The molecule has 7 N–H and O–H groups in total. The monoisotopic (exact) mass is 304 g/mol. The second-order valence-electron chi connectivity index (χ2n) is 4.38. The zero-order valence-electron chi connectivity index (χ0n) is 11.8. The van der Waals surface area contributed by atoms with Crippen LogP contribution in [-0.2, 0) is 19.2 Å². The molecule has 0 bridgehead atoms. The van der Waals surface area contributed by atoms with Crippen LogP contribution >= 0.6 is 0 Å². The molecule has 0 radical (unpaired) electrons. The number of nitrogens with two attached hydrogens (primary N) is 1. The van der Waals surface area contributed by atoms with E-state index in [0.717, 1.165) is 0 Å². The van der Waals surface area contributed by atoms with E-state index in [4.69, 9.17) is 15.9 Å². The molecule has 0 aromatic heterocycles. The molecule has 0 spiro atoms. The van der Waals surface area contributed by atoms with E-state index in [9.17, 15) is 19.2 Å². The molecule has 10 heteroatoms. The van der Waals surface area contributed by atoms with Gasteiger partial charge in [-0.05, 0) is 13.8 Å². The molecule has 3 unspecified atom stereocenters. The lowest BCUT2D eigenvalue weighted by Gasteiger charge is -2.18. The fraction of sp³-hybridized carbons (Fsp3) is 0.636. The Labute approximate surface area is 121 Å². The molecule has 10 nitrogen and oxygen atoms in total. The van der Waals surface area contributed by atoms with Crippen LogP contribution in [0.15, 0.2) is 0 Å². The van der Waals surface area contributed by atoms with Crippen molar-refractivity contribution in [1.29, 1.82) is 0 Å². The van der Waals surface area contributed by atoms with Crippen LogP contribution in [0.25, 0.3) is 0 Å². The normalized spacial score (nSPS) is 14.5. The van der Waals surface area contributed by atoms with Gasteiger partial charge in [0.05, 0.1) is 19.2 Å². The number of carboxylic acids is 1. The molecule has 0 rings (SSSR count). The second-order valence-corrected chi connectivity index (χ2v) is 4.38. The number of aliphatic hydroxyl groups excluding tert-OH is 1. The van der Waals surface area contributed by atoms with Gasteiger partial charge in [-0.25, -0.2) is 0 Å². The maximum Gasteiger partial charge on any atom is 0.325 e. The Morgan fingerprint density at radius 2 is 1.67 bits per heavy atom. The summed E-state index contributed by atoms with van der Waals surface area (Å²) in [5, 5.41) is 24.2. The van der Waals surface area contributed by atoms with Crippen LogP contribution in [0, 0.1) is 0 Å². The Morgan fingerprint density at radius 3 is 2.10 bits per heavy atom. The summed E-state index contributed by atoms with van der Waals surface area (Å²) >= 11 is 0. The van der Waals surface area contributed by atoms with Crippen molar-refractivity contribution in [3.8, 4) is 0 Å². The van der Waals surface area contributed by atoms with Crippen molar-refractivity contribution in [3.05, 3.63) is 0 Å².